The van der Waals surface area contributed by atoms with E-state index in [9.17, 15) is 0 Å². The molecular weight excluding hydrogens is 340 g/mol. The summed E-state index contributed by atoms with van der Waals surface area (Å²) < 4.78 is 7.65. The van der Waals surface area contributed by atoms with Crippen LogP contribution in [0, 0.1) is 13.8 Å². The number of morpholine rings is 1. The minimum absolute atomic E-state index is 0.148. The molecule has 0 saturated carbocycles. The molecule has 1 aliphatic rings. The first-order chi connectivity index (χ1) is 12.9. The molecule has 0 unspecified atom stereocenters. The molecule has 1 fully saturated rings. The molecule has 7 nitrogen and oxygen atoms in total. The van der Waals surface area contributed by atoms with Crippen LogP contribution in [-0.2, 0) is 11.8 Å². The molecule has 2 atom stereocenters. The molecule has 0 amide bonds. The van der Waals surface area contributed by atoms with Crippen molar-refractivity contribution < 1.29 is 4.74 Å². The van der Waals surface area contributed by atoms with Crippen molar-refractivity contribution in [3.8, 4) is 0 Å². The number of ether oxygens (including phenoxy) is 1. The molecule has 1 saturated heterocycles. The average Bonchev–Trinajstić information content (AvgIpc) is 2.99. The van der Waals surface area contributed by atoms with Crippen LogP contribution in [0.15, 0.2) is 24.4 Å². The van der Waals surface area contributed by atoms with Crippen LogP contribution in [0.4, 0.5) is 17.5 Å². The van der Waals surface area contributed by atoms with Crippen molar-refractivity contribution in [3.05, 3.63) is 35.5 Å². The van der Waals surface area contributed by atoms with Crippen LogP contribution in [-0.4, -0.2) is 45.0 Å². The molecule has 0 spiro atoms. The highest BCUT2D eigenvalue weighted by molar-refractivity contribution is 5.89. The normalized spacial score (nSPS) is 20.3. The van der Waals surface area contributed by atoms with E-state index in [1.165, 1.54) is 11.1 Å². The van der Waals surface area contributed by atoms with Gasteiger partial charge in [-0.05, 0) is 44.9 Å². The van der Waals surface area contributed by atoms with Gasteiger partial charge in [-0.25, -0.2) is 0 Å². The quantitative estimate of drug-likeness (QED) is 0.767. The van der Waals surface area contributed by atoms with Gasteiger partial charge in [-0.3, -0.25) is 4.68 Å². The number of rotatable bonds is 3. The fraction of sp³-hybridized carbons (Fsp3) is 0.450. The van der Waals surface area contributed by atoms with Crippen LogP contribution < -0.4 is 10.2 Å². The smallest absolute Gasteiger partial charge is 0.229 e. The predicted molar refractivity (Wildman–Crippen MR) is 108 cm³/mol. The fourth-order valence-corrected chi connectivity index (χ4v) is 3.59. The second-order valence-electron chi connectivity index (χ2n) is 7.48. The van der Waals surface area contributed by atoms with Crippen LogP contribution in [0.1, 0.15) is 25.0 Å². The minimum atomic E-state index is 0.148. The number of hydrogen-bond donors (Lipinski definition) is 1. The molecule has 4 rings (SSSR count). The van der Waals surface area contributed by atoms with Gasteiger partial charge in [0.1, 0.15) is 5.82 Å². The van der Waals surface area contributed by atoms with Crippen LogP contribution in [0.2, 0.25) is 0 Å². The third-order valence-electron chi connectivity index (χ3n) is 4.93. The van der Waals surface area contributed by atoms with Gasteiger partial charge < -0.3 is 15.0 Å². The molecule has 27 heavy (non-hydrogen) atoms. The van der Waals surface area contributed by atoms with Crippen LogP contribution in [0.5, 0.6) is 0 Å². The van der Waals surface area contributed by atoms with Crippen molar-refractivity contribution in [3.63, 3.8) is 0 Å². The molecule has 3 aromatic rings. The zero-order valence-corrected chi connectivity index (χ0v) is 16.5. The maximum Gasteiger partial charge on any atom is 0.229 e. The van der Waals surface area contributed by atoms with E-state index in [1.54, 1.807) is 4.68 Å². The highest BCUT2D eigenvalue weighted by atomic mass is 16.5. The maximum absolute atomic E-state index is 5.86. The first kappa shape index (κ1) is 17.7. The van der Waals surface area contributed by atoms with Gasteiger partial charge in [0.25, 0.3) is 0 Å². The van der Waals surface area contributed by atoms with Crippen molar-refractivity contribution in [1.82, 2.24) is 19.7 Å². The number of benzene rings is 1. The number of nitrogens with zero attached hydrogens (tertiary/aromatic N) is 5. The summed E-state index contributed by atoms with van der Waals surface area (Å²) in [5.41, 5.74) is 4.25. The second-order valence-corrected chi connectivity index (χ2v) is 7.48. The molecule has 1 aromatic carbocycles. The summed E-state index contributed by atoms with van der Waals surface area (Å²) in [7, 11) is 1.91. The number of nitrogens with one attached hydrogen (secondary N) is 1. The maximum atomic E-state index is 5.86. The monoisotopic (exact) mass is 366 g/mol. The van der Waals surface area contributed by atoms with Gasteiger partial charge in [-0.15, -0.1) is 0 Å². The minimum Gasteiger partial charge on any atom is -0.372 e. The van der Waals surface area contributed by atoms with Gasteiger partial charge in [0.05, 0.1) is 23.8 Å². The lowest BCUT2D eigenvalue weighted by atomic mass is 10.1. The first-order valence-electron chi connectivity index (χ1n) is 9.35. The Morgan fingerprint density at radius 3 is 2.59 bits per heavy atom. The zero-order valence-electron chi connectivity index (χ0n) is 16.5. The van der Waals surface area contributed by atoms with Crippen LogP contribution in [0.3, 0.4) is 0 Å². The van der Waals surface area contributed by atoms with E-state index >= 15 is 0 Å². The molecule has 1 aliphatic heterocycles. The molecule has 1 N–H and O–H groups in total. The lowest BCUT2D eigenvalue weighted by molar-refractivity contribution is -0.00569. The SMILES string of the molecule is Cc1ccc(C)c(Nc2nc(N3C[C@@H](C)O[C@H](C)C3)nc3c2cnn3C)c1. The van der Waals surface area contributed by atoms with E-state index in [0.717, 1.165) is 35.6 Å². The lowest BCUT2D eigenvalue weighted by Gasteiger charge is -2.35. The number of anilines is 3. The largest absolute Gasteiger partial charge is 0.372 e. The number of fused-ring (bicyclic) bond motifs is 1. The van der Waals surface area contributed by atoms with E-state index in [-0.39, 0.29) is 12.2 Å². The van der Waals surface area contributed by atoms with E-state index in [4.69, 9.17) is 14.7 Å². The van der Waals surface area contributed by atoms with E-state index in [0.29, 0.717) is 5.95 Å². The molecule has 0 aliphatic carbocycles. The van der Waals surface area contributed by atoms with E-state index in [2.05, 4.69) is 61.2 Å². The summed E-state index contributed by atoms with van der Waals surface area (Å²) in [6, 6.07) is 6.37. The van der Waals surface area contributed by atoms with Gasteiger partial charge in [0, 0.05) is 25.8 Å². The van der Waals surface area contributed by atoms with Gasteiger partial charge in [0.2, 0.25) is 5.95 Å². The fourth-order valence-electron chi connectivity index (χ4n) is 3.59. The molecule has 142 valence electrons. The summed E-state index contributed by atoms with van der Waals surface area (Å²) in [6.07, 6.45) is 2.11. The van der Waals surface area contributed by atoms with E-state index in [1.807, 2.05) is 13.2 Å². The zero-order chi connectivity index (χ0) is 19.1. The third kappa shape index (κ3) is 3.47. The standard InChI is InChI=1S/C20H26N6O/c1-12-6-7-13(2)17(8-12)22-18-16-9-21-25(5)19(16)24-20(23-18)26-10-14(3)27-15(4)11-26/h6-9,14-15H,10-11H2,1-5H3,(H,22,23,24)/t14-,15-/m1/s1. The van der Waals surface area contributed by atoms with Gasteiger partial charge in [-0.1, -0.05) is 12.1 Å². The number of aromatic nitrogens is 4. The molecule has 2 aromatic heterocycles. The summed E-state index contributed by atoms with van der Waals surface area (Å²) in [4.78, 5) is 11.9. The summed E-state index contributed by atoms with van der Waals surface area (Å²) in [5, 5.41) is 8.81. The Morgan fingerprint density at radius 2 is 1.85 bits per heavy atom. The first-order valence-corrected chi connectivity index (χ1v) is 9.35. The van der Waals surface area contributed by atoms with Gasteiger partial charge in [-0.2, -0.15) is 15.1 Å². The summed E-state index contributed by atoms with van der Waals surface area (Å²) in [6.45, 7) is 9.90. The van der Waals surface area contributed by atoms with Crippen LogP contribution in [0.25, 0.3) is 11.0 Å². The Kier molecular flexibility index (Phi) is 4.47. The van der Waals surface area contributed by atoms with Crippen LogP contribution >= 0.6 is 0 Å². The summed E-state index contributed by atoms with van der Waals surface area (Å²) >= 11 is 0. The highest BCUT2D eigenvalue weighted by Gasteiger charge is 2.25. The molecule has 3 heterocycles. The predicted octanol–water partition coefficient (Wildman–Crippen LogP) is 3.34. The Balaban J connectivity index is 1.78. The third-order valence-corrected chi connectivity index (χ3v) is 4.93. The lowest BCUT2D eigenvalue weighted by Crippen LogP contribution is -2.46. The number of hydrogen-bond acceptors (Lipinski definition) is 6. The Bertz CT molecular complexity index is 972. The molecule has 0 radical (unpaired) electrons. The average molecular weight is 366 g/mol. The van der Waals surface area contributed by atoms with Crippen molar-refractivity contribution in [2.75, 3.05) is 23.3 Å². The number of aryl methyl sites for hydroxylation is 3. The Morgan fingerprint density at radius 1 is 1.11 bits per heavy atom. The highest BCUT2D eigenvalue weighted by Crippen LogP contribution is 2.29. The molecule has 7 heteroatoms. The summed E-state index contributed by atoms with van der Waals surface area (Å²) in [5.74, 6) is 1.49. The Labute approximate surface area is 159 Å². The van der Waals surface area contributed by atoms with Crippen molar-refractivity contribution >= 4 is 28.5 Å². The van der Waals surface area contributed by atoms with Crippen molar-refractivity contribution in [2.45, 2.75) is 39.9 Å². The van der Waals surface area contributed by atoms with Gasteiger partial charge >= 0.3 is 0 Å². The van der Waals surface area contributed by atoms with E-state index < -0.39 is 0 Å². The topological polar surface area (TPSA) is 68.1 Å². The second kappa shape index (κ2) is 6.81. The van der Waals surface area contributed by atoms with Gasteiger partial charge in [0.15, 0.2) is 5.65 Å². The molecule has 0 bridgehead atoms. The Hall–Kier alpha value is -2.67. The molecular formula is C20H26N6O. The van der Waals surface area contributed by atoms with Crippen molar-refractivity contribution in [1.29, 1.82) is 0 Å². The van der Waals surface area contributed by atoms with Crippen molar-refractivity contribution in [2.24, 2.45) is 7.05 Å².